The van der Waals surface area contributed by atoms with E-state index in [1.807, 2.05) is 0 Å². The topological polar surface area (TPSA) is 74.7 Å². The van der Waals surface area contributed by atoms with Crippen LogP contribution >= 0.6 is 0 Å². The van der Waals surface area contributed by atoms with Crippen molar-refractivity contribution in [3.05, 3.63) is 89.6 Å². The predicted molar refractivity (Wildman–Crippen MR) is 130 cm³/mol. The van der Waals surface area contributed by atoms with E-state index >= 15 is 0 Å². The average molecular weight is 491 g/mol. The largest absolute Gasteiger partial charge is 0.493 e. The van der Waals surface area contributed by atoms with Gasteiger partial charge in [-0.3, -0.25) is 14.6 Å². The number of carbonyl (C=O) groups is 2. The van der Waals surface area contributed by atoms with Crippen LogP contribution in [-0.2, 0) is 22.4 Å². The zero-order chi connectivity index (χ0) is 25.7. The Balaban J connectivity index is 1.39. The number of halogens is 2. The van der Waals surface area contributed by atoms with Crippen molar-refractivity contribution >= 4 is 22.5 Å². The molecular weight excluding hydrogens is 468 g/mol. The smallest absolute Gasteiger partial charge is 0.162 e. The first-order valence-corrected chi connectivity index (χ1v) is 11.1. The van der Waals surface area contributed by atoms with Gasteiger partial charge in [0.2, 0.25) is 0 Å². The number of rotatable bonds is 10. The standard InChI is InChI=1S/C28H23F2NO5/c1-34-27-15-23-25(16-28(27)35-2)31-10-9-26(23)36-22-7-3-17(4-8-22)11-20(32)14-21(33)12-18-5-6-19(29)13-24(18)30/h3-10,13,15-16H,11-12,14H2,1-2H3. The van der Waals surface area contributed by atoms with Crippen LogP contribution in [0.15, 0.2) is 66.9 Å². The van der Waals surface area contributed by atoms with E-state index in [1.165, 1.54) is 6.07 Å². The van der Waals surface area contributed by atoms with Crippen molar-refractivity contribution in [2.24, 2.45) is 0 Å². The van der Waals surface area contributed by atoms with E-state index in [0.717, 1.165) is 17.5 Å². The highest BCUT2D eigenvalue weighted by Gasteiger charge is 2.15. The van der Waals surface area contributed by atoms with Gasteiger partial charge >= 0.3 is 0 Å². The van der Waals surface area contributed by atoms with E-state index in [2.05, 4.69) is 4.98 Å². The zero-order valence-corrected chi connectivity index (χ0v) is 19.7. The second kappa shape index (κ2) is 10.9. The van der Waals surface area contributed by atoms with Crippen LogP contribution in [0.3, 0.4) is 0 Å². The third-order valence-electron chi connectivity index (χ3n) is 5.56. The minimum Gasteiger partial charge on any atom is -0.493 e. The van der Waals surface area contributed by atoms with Gasteiger partial charge in [0.05, 0.1) is 26.2 Å². The van der Waals surface area contributed by atoms with E-state index in [0.29, 0.717) is 34.1 Å². The molecule has 0 amide bonds. The summed E-state index contributed by atoms with van der Waals surface area (Å²) in [7, 11) is 3.10. The number of benzene rings is 3. The van der Waals surface area contributed by atoms with Crippen molar-refractivity contribution in [3.63, 3.8) is 0 Å². The number of ketones is 2. The first kappa shape index (κ1) is 24.8. The minimum absolute atomic E-state index is 0.0487. The van der Waals surface area contributed by atoms with Gasteiger partial charge in [0.15, 0.2) is 11.5 Å². The van der Waals surface area contributed by atoms with Crippen LogP contribution < -0.4 is 14.2 Å². The lowest BCUT2D eigenvalue weighted by Gasteiger charge is -2.12. The Bertz CT molecular complexity index is 1420. The zero-order valence-electron chi connectivity index (χ0n) is 19.7. The number of Topliss-reactive ketones (excluding diaryl/α,β-unsaturated/α-hetero) is 2. The normalized spacial score (nSPS) is 10.8. The highest BCUT2D eigenvalue weighted by Crippen LogP contribution is 2.36. The Morgan fingerprint density at radius 3 is 2.19 bits per heavy atom. The molecule has 1 heterocycles. The molecule has 0 bridgehead atoms. The third kappa shape index (κ3) is 5.83. The van der Waals surface area contributed by atoms with E-state index in [-0.39, 0.29) is 30.6 Å². The fourth-order valence-electron chi connectivity index (χ4n) is 3.79. The molecule has 0 saturated carbocycles. The SMILES string of the molecule is COc1cc2nccc(Oc3ccc(CC(=O)CC(=O)Cc4ccc(F)cc4F)cc3)c2cc1OC. The molecule has 4 rings (SSSR count). The molecule has 8 heteroatoms. The lowest BCUT2D eigenvalue weighted by atomic mass is 10.0. The van der Waals surface area contributed by atoms with Crippen molar-refractivity contribution in [1.82, 2.24) is 4.98 Å². The number of nitrogens with zero attached hydrogens (tertiary/aromatic N) is 1. The van der Waals surface area contributed by atoms with Gasteiger partial charge in [-0.2, -0.15) is 0 Å². The maximum atomic E-state index is 13.7. The molecule has 0 spiro atoms. The summed E-state index contributed by atoms with van der Waals surface area (Å²) >= 11 is 0. The fraction of sp³-hybridized carbons (Fsp3) is 0.179. The summed E-state index contributed by atoms with van der Waals surface area (Å²) in [5, 5.41) is 0.741. The molecule has 36 heavy (non-hydrogen) atoms. The molecule has 0 fully saturated rings. The lowest BCUT2D eigenvalue weighted by molar-refractivity contribution is -0.126. The van der Waals surface area contributed by atoms with Gasteiger partial charge in [0, 0.05) is 36.6 Å². The first-order chi connectivity index (χ1) is 17.4. The Morgan fingerprint density at radius 2 is 1.50 bits per heavy atom. The number of fused-ring (bicyclic) bond motifs is 1. The van der Waals surface area contributed by atoms with Crippen LogP contribution in [0.5, 0.6) is 23.0 Å². The summed E-state index contributed by atoms with van der Waals surface area (Å²) in [5.74, 6) is -0.00668. The van der Waals surface area contributed by atoms with Gasteiger partial charge in [-0.1, -0.05) is 18.2 Å². The molecule has 0 unspecified atom stereocenters. The number of methoxy groups -OCH3 is 2. The van der Waals surface area contributed by atoms with Gasteiger partial charge in [-0.05, 0) is 41.5 Å². The number of aromatic nitrogens is 1. The monoisotopic (exact) mass is 491 g/mol. The second-order valence-corrected chi connectivity index (χ2v) is 8.12. The molecule has 3 aromatic carbocycles. The van der Waals surface area contributed by atoms with Crippen LogP contribution in [0.1, 0.15) is 17.5 Å². The predicted octanol–water partition coefficient (Wildman–Crippen LogP) is 5.64. The Morgan fingerprint density at radius 1 is 0.806 bits per heavy atom. The molecule has 0 atom stereocenters. The number of ether oxygens (including phenoxy) is 3. The Kier molecular flexibility index (Phi) is 7.53. The summed E-state index contributed by atoms with van der Waals surface area (Å²) in [4.78, 5) is 28.9. The van der Waals surface area contributed by atoms with Gasteiger partial charge in [0.1, 0.15) is 34.7 Å². The molecular formula is C28H23F2NO5. The lowest BCUT2D eigenvalue weighted by Crippen LogP contribution is -2.13. The van der Waals surface area contributed by atoms with Crippen molar-refractivity contribution < 1.29 is 32.6 Å². The van der Waals surface area contributed by atoms with Crippen LogP contribution in [0.4, 0.5) is 8.78 Å². The van der Waals surface area contributed by atoms with Crippen molar-refractivity contribution in [2.45, 2.75) is 19.3 Å². The Labute approximate surface area is 206 Å². The van der Waals surface area contributed by atoms with E-state index < -0.39 is 17.4 Å². The van der Waals surface area contributed by atoms with Crippen LogP contribution in [-0.4, -0.2) is 30.8 Å². The quantitative estimate of drug-likeness (QED) is 0.268. The van der Waals surface area contributed by atoms with Gasteiger partial charge in [-0.25, -0.2) is 8.78 Å². The summed E-state index contributed by atoms with van der Waals surface area (Å²) < 4.78 is 43.5. The average Bonchev–Trinajstić information content (AvgIpc) is 2.86. The number of pyridine rings is 1. The maximum absolute atomic E-state index is 13.7. The second-order valence-electron chi connectivity index (χ2n) is 8.12. The van der Waals surface area contributed by atoms with Crippen molar-refractivity contribution in [1.29, 1.82) is 0 Å². The van der Waals surface area contributed by atoms with E-state index in [9.17, 15) is 18.4 Å². The molecule has 0 aliphatic rings. The van der Waals surface area contributed by atoms with Crippen molar-refractivity contribution in [2.75, 3.05) is 14.2 Å². The van der Waals surface area contributed by atoms with Crippen molar-refractivity contribution in [3.8, 4) is 23.0 Å². The highest BCUT2D eigenvalue weighted by molar-refractivity contribution is 6.00. The van der Waals surface area contributed by atoms with Gasteiger partial charge in [-0.15, -0.1) is 0 Å². The number of carbonyl (C=O) groups excluding carboxylic acids is 2. The summed E-state index contributed by atoms with van der Waals surface area (Å²) in [5.41, 5.74) is 1.45. The molecule has 6 nitrogen and oxygen atoms in total. The van der Waals surface area contributed by atoms with Gasteiger partial charge < -0.3 is 14.2 Å². The number of hydrogen-bond acceptors (Lipinski definition) is 6. The highest BCUT2D eigenvalue weighted by atomic mass is 19.1. The Hall–Kier alpha value is -4.33. The van der Waals surface area contributed by atoms with E-state index in [4.69, 9.17) is 14.2 Å². The molecule has 1 aromatic heterocycles. The maximum Gasteiger partial charge on any atom is 0.162 e. The number of hydrogen-bond donors (Lipinski definition) is 0. The molecule has 0 radical (unpaired) electrons. The van der Waals surface area contributed by atoms with Crippen LogP contribution in [0.2, 0.25) is 0 Å². The van der Waals surface area contributed by atoms with Gasteiger partial charge in [0.25, 0.3) is 0 Å². The first-order valence-electron chi connectivity index (χ1n) is 11.1. The molecule has 184 valence electrons. The molecule has 0 N–H and O–H groups in total. The van der Waals surface area contributed by atoms with Crippen LogP contribution in [0, 0.1) is 11.6 Å². The minimum atomic E-state index is -0.800. The third-order valence-corrected chi connectivity index (χ3v) is 5.56. The summed E-state index contributed by atoms with van der Waals surface area (Å²) in [6, 6.07) is 15.2. The molecule has 0 saturated heterocycles. The fourth-order valence-corrected chi connectivity index (χ4v) is 3.79. The molecule has 4 aromatic rings. The van der Waals surface area contributed by atoms with Crippen LogP contribution in [0.25, 0.3) is 10.9 Å². The summed E-state index contributed by atoms with van der Waals surface area (Å²) in [6.45, 7) is 0. The molecule has 0 aliphatic carbocycles. The summed E-state index contributed by atoms with van der Waals surface area (Å²) in [6.07, 6.45) is 1.09. The van der Waals surface area contributed by atoms with E-state index in [1.54, 1.807) is 62.9 Å². The molecule has 0 aliphatic heterocycles.